The molecule has 0 spiro atoms. The van der Waals surface area contributed by atoms with Crippen molar-refractivity contribution in [2.75, 3.05) is 6.61 Å². The van der Waals surface area contributed by atoms with Gasteiger partial charge in [-0.25, -0.2) is 4.79 Å². The molecule has 1 aliphatic rings. The van der Waals surface area contributed by atoms with Crippen LogP contribution >= 0.6 is 0 Å². The molecule has 9 heteroatoms. The highest BCUT2D eigenvalue weighted by molar-refractivity contribution is 5.82. The number of aliphatic hydroxyl groups excluding tert-OH is 1. The number of halogens is 3. The van der Waals surface area contributed by atoms with E-state index >= 15 is 0 Å². The number of nitrogens with zero attached hydrogens (tertiary/aromatic N) is 2. The van der Waals surface area contributed by atoms with Crippen LogP contribution in [0.3, 0.4) is 0 Å². The first-order valence-electron chi connectivity index (χ1n) is 8.91. The van der Waals surface area contributed by atoms with Crippen LogP contribution in [-0.2, 0) is 12.9 Å². The van der Waals surface area contributed by atoms with Crippen molar-refractivity contribution in [1.29, 1.82) is 0 Å². The van der Waals surface area contributed by atoms with E-state index in [1.54, 1.807) is 6.92 Å². The van der Waals surface area contributed by atoms with E-state index in [0.717, 1.165) is 21.6 Å². The number of ether oxygens (including phenoxy) is 1. The summed E-state index contributed by atoms with van der Waals surface area (Å²) < 4.78 is 48.6. The SMILES string of the molecule is CCCCOc1cc(C(F)(F)F)c2c(c1)n(CO)c(=O)n2C1CC(C)(O)C1. The Kier molecular flexibility index (Phi) is 5.02. The van der Waals surface area contributed by atoms with Crippen molar-refractivity contribution in [2.24, 2.45) is 0 Å². The van der Waals surface area contributed by atoms with E-state index in [9.17, 15) is 28.2 Å². The molecule has 1 aromatic carbocycles. The molecule has 150 valence electrons. The lowest BCUT2D eigenvalue weighted by molar-refractivity contribution is -0.136. The van der Waals surface area contributed by atoms with Crippen molar-refractivity contribution >= 4 is 11.0 Å². The molecule has 1 heterocycles. The minimum atomic E-state index is -4.70. The predicted octanol–water partition coefficient (Wildman–Crippen LogP) is 3.04. The number of fused-ring (bicyclic) bond motifs is 1. The van der Waals surface area contributed by atoms with Crippen LogP contribution in [0.5, 0.6) is 5.75 Å². The molecule has 0 radical (unpaired) electrons. The average Bonchev–Trinajstić information content (AvgIpc) is 2.82. The van der Waals surface area contributed by atoms with Crippen LogP contribution in [0.4, 0.5) is 13.2 Å². The highest BCUT2D eigenvalue weighted by Crippen LogP contribution is 2.44. The number of imidazole rings is 1. The molecule has 1 aliphatic carbocycles. The first kappa shape index (κ1) is 19.8. The first-order valence-corrected chi connectivity index (χ1v) is 8.91. The molecule has 1 aromatic heterocycles. The lowest BCUT2D eigenvalue weighted by Gasteiger charge is -2.41. The lowest BCUT2D eigenvalue weighted by Crippen LogP contribution is -2.45. The molecule has 6 nitrogen and oxygen atoms in total. The van der Waals surface area contributed by atoms with Crippen molar-refractivity contribution < 1.29 is 28.1 Å². The Morgan fingerprint density at radius 3 is 2.52 bits per heavy atom. The summed E-state index contributed by atoms with van der Waals surface area (Å²) in [7, 11) is 0. The van der Waals surface area contributed by atoms with Gasteiger partial charge in [0.25, 0.3) is 0 Å². The second-order valence-corrected chi connectivity index (χ2v) is 7.32. The monoisotopic (exact) mass is 388 g/mol. The van der Waals surface area contributed by atoms with Gasteiger partial charge < -0.3 is 14.9 Å². The van der Waals surface area contributed by atoms with Gasteiger partial charge in [-0.3, -0.25) is 9.13 Å². The van der Waals surface area contributed by atoms with Crippen molar-refractivity contribution in [3.63, 3.8) is 0 Å². The van der Waals surface area contributed by atoms with Gasteiger partial charge in [0.1, 0.15) is 12.5 Å². The number of hydrogen-bond donors (Lipinski definition) is 2. The quantitative estimate of drug-likeness (QED) is 0.746. The zero-order valence-corrected chi connectivity index (χ0v) is 15.2. The second-order valence-electron chi connectivity index (χ2n) is 7.32. The lowest BCUT2D eigenvalue weighted by atomic mass is 9.77. The van der Waals surface area contributed by atoms with Gasteiger partial charge in [-0.2, -0.15) is 13.2 Å². The fourth-order valence-corrected chi connectivity index (χ4v) is 3.63. The zero-order valence-electron chi connectivity index (χ0n) is 15.2. The standard InChI is InChI=1S/C18H23F3N2O4/c1-3-4-5-27-12-6-13(18(19,20)21)15-14(7-12)22(10-24)16(25)23(15)11-8-17(2,26)9-11/h6-7,11,24,26H,3-5,8-10H2,1-2H3. The van der Waals surface area contributed by atoms with Gasteiger partial charge in [0.05, 0.1) is 28.8 Å². The molecule has 3 rings (SSSR count). The number of aromatic nitrogens is 2. The molecule has 0 amide bonds. The molecule has 1 fully saturated rings. The van der Waals surface area contributed by atoms with Crippen LogP contribution < -0.4 is 10.4 Å². The Hall–Kier alpha value is -2.00. The number of alkyl halides is 3. The van der Waals surface area contributed by atoms with Gasteiger partial charge in [0.2, 0.25) is 0 Å². The summed E-state index contributed by atoms with van der Waals surface area (Å²) in [5.41, 5.74) is -3.05. The largest absolute Gasteiger partial charge is 0.494 e. The molecule has 0 bridgehead atoms. The molecule has 0 aliphatic heterocycles. The van der Waals surface area contributed by atoms with Crippen LogP contribution in [0.1, 0.15) is 51.1 Å². The third-order valence-corrected chi connectivity index (χ3v) is 4.96. The molecule has 0 atom stereocenters. The molecular formula is C18H23F3N2O4. The van der Waals surface area contributed by atoms with E-state index in [4.69, 9.17) is 4.74 Å². The fourth-order valence-electron chi connectivity index (χ4n) is 3.63. The number of rotatable bonds is 6. The second kappa shape index (κ2) is 6.87. The first-order chi connectivity index (χ1) is 12.6. The molecule has 2 aromatic rings. The predicted molar refractivity (Wildman–Crippen MR) is 92.7 cm³/mol. The smallest absolute Gasteiger partial charge is 0.418 e. The van der Waals surface area contributed by atoms with E-state index in [0.29, 0.717) is 6.42 Å². The maximum atomic E-state index is 13.8. The maximum Gasteiger partial charge on any atom is 0.418 e. The Labute approximate surface area is 153 Å². The van der Waals surface area contributed by atoms with Gasteiger partial charge >= 0.3 is 11.9 Å². The third-order valence-electron chi connectivity index (χ3n) is 4.96. The summed E-state index contributed by atoms with van der Waals surface area (Å²) >= 11 is 0. The zero-order chi connectivity index (χ0) is 20.0. The normalized spacial score (nSPS) is 22.9. The Bertz CT molecular complexity index is 891. The topological polar surface area (TPSA) is 76.6 Å². The Morgan fingerprint density at radius 1 is 1.33 bits per heavy atom. The van der Waals surface area contributed by atoms with Crippen molar-refractivity contribution in [2.45, 2.75) is 64.1 Å². The minimum Gasteiger partial charge on any atom is -0.494 e. The van der Waals surface area contributed by atoms with Crippen molar-refractivity contribution in [3.8, 4) is 5.75 Å². The van der Waals surface area contributed by atoms with E-state index in [-0.39, 0.29) is 36.2 Å². The van der Waals surface area contributed by atoms with E-state index in [1.165, 1.54) is 6.07 Å². The Balaban J connectivity index is 2.21. The van der Waals surface area contributed by atoms with Crippen LogP contribution in [0.25, 0.3) is 11.0 Å². The molecule has 0 unspecified atom stereocenters. The van der Waals surface area contributed by atoms with E-state index in [1.807, 2.05) is 6.92 Å². The van der Waals surface area contributed by atoms with Crippen LogP contribution in [0.15, 0.2) is 16.9 Å². The summed E-state index contributed by atoms with van der Waals surface area (Å²) in [6, 6.07) is 1.69. The summed E-state index contributed by atoms with van der Waals surface area (Å²) in [6.45, 7) is 3.02. The molecule has 0 saturated heterocycles. The van der Waals surface area contributed by atoms with Crippen LogP contribution in [-0.4, -0.2) is 31.6 Å². The third kappa shape index (κ3) is 3.58. The van der Waals surface area contributed by atoms with Gasteiger partial charge in [-0.1, -0.05) is 13.3 Å². The van der Waals surface area contributed by atoms with Gasteiger partial charge in [0, 0.05) is 12.1 Å². The fraction of sp³-hybridized carbons (Fsp3) is 0.611. The van der Waals surface area contributed by atoms with Crippen LogP contribution in [0.2, 0.25) is 0 Å². The number of benzene rings is 1. The van der Waals surface area contributed by atoms with Crippen LogP contribution in [0, 0.1) is 0 Å². The van der Waals surface area contributed by atoms with Crippen molar-refractivity contribution in [1.82, 2.24) is 9.13 Å². The minimum absolute atomic E-state index is 0.00299. The average molecular weight is 388 g/mol. The maximum absolute atomic E-state index is 13.8. The summed E-state index contributed by atoms with van der Waals surface area (Å²) in [4.78, 5) is 12.7. The van der Waals surface area contributed by atoms with E-state index in [2.05, 4.69) is 0 Å². The summed E-state index contributed by atoms with van der Waals surface area (Å²) in [5, 5.41) is 19.5. The van der Waals surface area contributed by atoms with Gasteiger partial charge in [-0.15, -0.1) is 0 Å². The van der Waals surface area contributed by atoms with Gasteiger partial charge in [0.15, 0.2) is 0 Å². The number of aliphatic hydroxyl groups is 2. The Morgan fingerprint density at radius 2 is 2.00 bits per heavy atom. The molecular weight excluding hydrogens is 365 g/mol. The van der Waals surface area contributed by atoms with E-state index < -0.39 is 35.8 Å². The molecule has 27 heavy (non-hydrogen) atoms. The summed E-state index contributed by atoms with van der Waals surface area (Å²) in [6.07, 6.45) is -2.85. The molecule has 2 N–H and O–H groups in total. The molecule has 1 saturated carbocycles. The number of hydrogen-bond acceptors (Lipinski definition) is 4. The van der Waals surface area contributed by atoms with Crippen molar-refractivity contribution in [3.05, 3.63) is 28.2 Å². The van der Waals surface area contributed by atoms with Gasteiger partial charge in [-0.05, 0) is 32.3 Å². The highest BCUT2D eigenvalue weighted by Gasteiger charge is 2.43. The number of unbranched alkanes of at least 4 members (excludes halogenated alkanes) is 1. The summed E-state index contributed by atoms with van der Waals surface area (Å²) in [5.74, 6) is 0.00299. The highest BCUT2D eigenvalue weighted by atomic mass is 19.4.